The van der Waals surface area contributed by atoms with Crippen LogP contribution in [0.3, 0.4) is 0 Å². The maximum atomic E-state index is 12.4. The number of hydrogen-bond acceptors (Lipinski definition) is 5. The zero-order valence-corrected chi connectivity index (χ0v) is 19.3. The standard InChI is InChI=1S/C25H28N2O5S/c1-33-11-10-22(24(29)30)27-23(28)15-12-16(13-15)26-25(31)32-14-21-19-8-4-2-6-17(19)18-7-3-5-9-20(18)21/h2-9,15-16,21-22H,10-14H2,1H3,(H,26,31)(H,27,28)(H,29,30)/t15?,16?,22-/m0/s1. The van der Waals surface area contributed by atoms with E-state index in [1.807, 2.05) is 30.5 Å². The van der Waals surface area contributed by atoms with Gasteiger partial charge < -0.3 is 20.5 Å². The minimum atomic E-state index is -1.02. The molecule has 1 atom stereocenters. The Labute approximate surface area is 197 Å². The highest BCUT2D eigenvalue weighted by Crippen LogP contribution is 2.44. The van der Waals surface area contributed by atoms with E-state index in [9.17, 15) is 19.5 Å². The summed E-state index contributed by atoms with van der Waals surface area (Å²) in [5.41, 5.74) is 4.65. The number of rotatable bonds is 9. The number of ether oxygens (including phenoxy) is 1. The van der Waals surface area contributed by atoms with Gasteiger partial charge in [-0.3, -0.25) is 4.79 Å². The first-order valence-corrected chi connectivity index (χ1v) is 12.5. The average molecular weight is 469 g/mol. The van der Waals surface area contributed by atoms with Crippen LogP contribution in [-0.4, -0.2) is 53.8 Å². The fourth-order valence-corrected chi connectivity index (χ4v) is 5.01. The lowest BCUT2D eigenvalue weighted by molar-refractivity contribution is -0.143. The minimum absolute atomic E-state index is 0.00250. The van der Waals surface area contributed by atoms with E-state index in [4.69, 9.17) is 4.74 Å². The molecular formula is C25H28N2O5S. The lowest BCUT2D eigenvalue weighted by Crippen LogP contribution is -2.52. The molecule has 0 aliphatic heterocycles. The molecule has 2 aromatic carbocycles. The molecular weight excluding hydrogens is 440 g/mol. The van der Waals surface area contributed by atoms with Crippen molar-refractivity contribution in [3.63, 3.8) is 0 Å². The summed E-state index contributed by atoms with van der Waals surface area (Å²) in [6, 6.07) is 15.3. The lowest BCUT2D eigenvalue weighted by Gasteiger charge is -2.35. The number of carboxylic acids is 1. The zero-order valence-electron chi connectivity index (χ0n) is 18.5. The number of hydrogen-bond donors (Lipinski definition) is 3. The molecule has 2 aromatic rings. The summed E-state index contributed by atoms with van der Waals surface area (Å²) in [5, 5.41) is 14.7. The number of fused-ring (bicyclic) bond motifs is 3. The van der Waals surface area contributed by atoms with Crippen molar-refractivity contribution in [1.29, 1.82) is 0 Å². The molecule has 3 N–H and O–H groups in total. The Hall–Kier alpha value is -3.00. The number of amides is 2. The average Bonchev–Trinajstić information content (AvgIpc) is 3.10. The van der Waals surface area contributed by atoms with Crippen molar-refractivity contribution < 1.29 is 24.2 Å². The van der Waals surface area contributed by atoms with Gasteiger partial charge in [-0.2, -0.15) is 11.8 Å². The van der Waals surface area contributed by atoms with E-state index in [1.54, 1.807) is 0 Å². The number of carboxylic acid groups (broad SMARTS) is 1. The van der Waals surface area contributed by atoms with Crippen LogP contribution in [0, 0.1) is 5.92 Å². The van der Waals surface area contributed by atoms with Crippen LogP contribution in [0.1, 0.15) is 36.3 Å². The van der Waals surface area contributed by atoms with Crippen LogP contribution in [-0.2, 0) is 14.3 Å². The molecule has 2 aliphatic rings. The number of carbonyl (C=O) groups is 3. The molecule has 1 saturated carbocycles. The van der Waals surface area contributed by atoms with Crippen molar-refractivity contribution in [2.45, 2.75) is 37.3 Å². The minimum Gasteiger partial charge on any atom is -0.480 e. The maximum absolute atomic E-state index is 12.4. The van der Waals surface area contributed by atoms with Crippen LogP contribution in [0.5, 0.6) is 0 Å². The van der Waals surface area contributed by atoms with E-state index in [1.165, 1.54) is 22.9 Å². The molecule has 0 saturated heterocycles. The predicted octanol–water partition coefficient (Wildman–Crippen LogP) is 3.63. The van der Waals surface area contributed by atoms with Crippen molar-refractivity contribution in [3.8, 4) is 11.1 Å². The highest BCUT2D eigenvalue weighted by Gasteiger charge is 2.37. The Bertz CT molecular complexity index is 991. The first-order valence-electron chi connectivity index (χ1n) is 11.1. The molecule has 8 heteroatoms. The number of benzene rings is 2. The van der Waals surface area contributed by atoms with E-state index in [0.29, 0.717) is 25.0 Å². The Morgan fingerprint density at radius 2 is 1.67 bits per heavy atom. The number of thioether (sulfide) groups is 1. The highest BCUT2D eigenvalue weighted by molar-refractivity contribution is 7.98. The van der Waals surface area contributed by atoms with Gasteiger partial charge in [0.05, 0.1) is 0 Å². The van der Waals surface area contributed by atoms with Gasteiger partial charge in [-0.1, -0.05) is 48.5 Å². The molecule has 1 fully saturated rings. The molecule has 2 aliphatic carbocycles. The topological polar surface area (TPSA) is 105 Å². The monoisotopic (exact) mass is 468 g/mol. The Morgan fingerprint density at radius 1 is 1.06 bits per heavy atom. The van der Waals surface area contributed by atoms with Crippen molar-refractivity contribution in [2.75, 3.05) is 18.6 Å². The van der Waals surface area contributed by atoms with Gasteiger partial charge in [-0.25, -0.2) is 9.59 Å². The molecule has 7 nitrogen and oxygen atoms in total. The van der Waals surface area contributed by atoms with Crippen molar-refractivity contribution in [2.24, 2.45) is 5.92 Å². The molecule has 33 heavy (non-hydrogen) atoms. The van der Waals surface area contributed by atoms with Crippen LogP contribution in [0.15, 0.2) is 48.5 Å². The number of alkyl carbamates (subject to hydrolysis) is 1. The first kappa shape index (κ1) is 23.2. The van der Waals surface area contributed by atoms with Gasteiger partial charge in [-0.15, -0.1) is 0 Å². The molecule has 4 rings (SSSR count). The third kappa shape index (κ3) is 5.16. The van der Waals surface area contributed by atoms with E-state index >= 15 is 0 Å². The van der Waals surface area contributed by atoms with Crippen LogP contribution in [0.2, 0.25) is 0 Å². The SMILES string of the molecule is CSCC[C@H](NC(=O)C1CC(NC(=O)OCC2c3ccccc3-c3ccccc32)C1)C(=O)O. The summed E-state index contributed by atoms with van der Waals surface area (Å²) in [5.74, 6) is -0.926. The van der Waals surface area contributed by atoms with Gasteiger partial charge in [0.2, 0.25) is 5.91 Å². The largest absolute Gasteiger partial charge is 0.480 e. The second-order valence-corrected chi connectivity index (χ2v) is 9.50. The fraction of sp³-hybridized carbons (Fsp3) is 0.400. The second-order valence-electron chi connectivity index (χ2n) is 8.52. The predicted molar refractivity (Wildman–Crippen MR) is 127 cm³/mol. The summed E-state index contributed by atoms with van der Waals surface area (Å²) >= 11 is 1.54. The van der Waals surface area contributed by atoms with Crippen molar-refractivity contribution in [1.82, 2.24) is 10.6 Å². The van der Waals surface area contributed by atoms with E-state index in [0.717, 1.165) is 11.1 Å². The Morgan fingerprint density at radius 3 is 2.24 bits per heavy atom. The first-order chi connectivity index (χ1) is 16.0. The summed E-state index contributed by atoms with van der Waals surface area (Å²) < 4.78 is 5.55. The third-order valence-corrected chi connectivity index (χ3v) is 7.04. The highest BCUT2D eigenvalue weighted by atomic mass is 32.2. The zero-order chi connectivity index (χ0) is 23.4. The van der Waals surface area contributed by atoms with Crippen molar-refractivity contribution >= 4 is 29.7 Å². The number of carbonyl (C=O) groups excluding carboxylic acids is 2. The molecule has 0 unspecified atom stereocenters. The van der Waals surface area contributed by atoms with E-state index in [-0.39, 0.29) is 30.4 Å². The summed E-state index contributed by atoms with van der Waals surface area (Å²) in [7, 11) is 0. The van der Waals surface area contributed by atoms with Crippen LogP contribution in [0.4, 0.5) is 4.79 Å². The smallest absolute Gasteiger partial charge is 0.407 e. The van der Waals surface area contributed by atoms with Gasteiger partial charge in [-0.05, 0) is 53.5 Å². The molecule has 0 spiro atoms. The second kappa shape index (κ2) is 10.3. The number of aliphatic carboxylic acids is 1. The quantitative estimate of drug-likeness (QED) is 0.519. The molecule has 174 valence electrons. The normalized spacial score (nSPS) is 19.5. The summed E-state index contributed by atoms with van der Waals surface area (Å²) in [4.78, 5) is 36.0. The Balaban J connectivity index is 1.24. The van der Waals surface area contributed by atoms with Crippen LogP contribution >= 0.6 is 11.8 Å². The van der Waals surface area contributed by atoms with Gasteiger partial charge in [0.1, 0.15) is 12.6 Å². The molecule has 0 heterocycles. The van der Waals surface area contributed by atoms with Crippen LogP contribution in [0.25, 0.3) is 11.1 Å². The van der Waals surface area contributed by atoms with Gasteiger partial charge >= 0.3 is 12.1 Å². The lowest BCUT2D eigenvalue weighted by atomic mass is 9.79. The fourth-order valence-electron chi connectivity index (χ4n) is 4.54. The summed E-state index contributed by atoms with van der Waals surface area (Å²) in [6.45, 7) is 0.242. The molecule has 0 bridgehead atoms. The van der Waals surface area contributed by atoms with Gasteiger partial charge in [0.25, 0.3) is 0 Å². The maximum Gasteiger partial charge on any atom is 0.407 e. The van der Waals surface area contributed by atoms with Crippen molar-refractivity contribution in [3.05, 3.63) is 59.7 Å². The third-order valence-electron chi connectivity index (χ3n) is 6.40. The van der Waals surface area contributed by atoms with Gasteiger partial charge in [0.15, 0.2) is 0 Å². The summed E-state index contributed by atoms with van der Waals surface area (Å²) in [6.07, 6.45) is 2.74. The molecule has 2 amide bonds. The van der Waals surface area contributed by atoms with E-state index in [2.05, 4.69) is 34.9 Å². The molecule has 0 aromatic heterocycles. The number of nitrogens with one attached hydrogen (secondary N) is 2. The van der Waals surface area contributed by atoms with E-state index < -0.39 is 18.1 Å². The molecule has 0 radical (unpaired) electrons. The Kier molecular flexibility index (Phi) is 7.23. The van der Waals surface area contributed by atoms with Crippen LogP contribution < -0.4 is 10.6 Å². The van der Waals surface area contributed by atoms with Gasteiger partial charge in [0, 0.05) is 17.9 Å².